The fraction of sp³-hybridized carbons (Fsp3) is 0.273. The van der Waals surface area contributed by atoms with Crippen LogP contribution in [0.25, 0.3) is 5.57 Å². The summed E-state index contributed by atoms with van der Waals surface area (Å²) in [6.45, 7) is 1.85. The topological polar surface area (TPSA) is 70.7 Å². The maximum Gasteiger partial charge on any atom is 0.416 e. The Kier molecular flexibility index (Phi) is 6.53. The van der Waals surface area contributed by atoms with Crippen LogP contribution in [0.2, 0.25) is 0 Å². The number of rotatable bonds is 4. The summed E-state index contributed by atoms with van der Waals surface area (Å²) in [4.78, 5) is 25.3. The molecule has 1 aliphatic rings. The summed E-state index contributed by atoms with van der Waals surface area (Å²) in [5.41, 5.74) is 0.979. The highest BCUT2D eigenvalue weighted by molar-refractivity contribution is 5.93. The second kappa shape index (κ2) is 9.11. The van der Waals surface area contributed by atoms with Crippen LogP contribution in [0.1, 0.15) is 24.5 Å². The average molecular weight is 433 g/mol. The summed E-state index contributed by atoms with van der Waals surface area (Å²) in [5, 5.41) is 5.37. The van der Waals surface area contributed by atoms with Crippen molar-refractivity contribution in [3.63, 3.8) is 0 Å². The van der Waals surface area contributed by atoms with Gasteiger partial charge in [-0.2, -0.15) is 13.2 Å². The van der Waals surface area contributed by atoms with Crippen molar-refractivity contribution in [3.8, 4) is 5.75 Å². The van der Waals surface area contributed by atoms with Crippen molar-refractivity contribution in [1.29, 1.82) is 0 Å². The lowest BCUT2D eigenvalue weighted by Gasteiger charge is -2.28. The van der Waals surface area contributed by atoms with Gasteiger partial charge in [0.25, 0.3) is 0 Å². The maximum atomic E-state index is 13.3. The van der Waals surface area contributed by atoms with Crippen LogP contribution in [0.4, 0.5) is 29.3 Å². The van der Waals surface area contributed by atoms with Gasteiger partial charge in [-0.05, 0) is 35.8 Å². The average Bonchev–Trinajstić information content (AvgIpc) is 2.74. The van der Waals surface area contributed by atoms with Crippen LogP contribution < -0.4 is 15.4 Å². The molecule has 0 saturated heterocycles. The van der Waals surface area contributed by atoms with Crippen LogP contribution in [0.15, 0.2) is 48.5 Å². The molecule has 0 radical (unpaired) electrons. The van der Waals surface area contributed by atoms with Crippen molar-refractivity contribution in [2.24, 2.45) is 0 Å². The molecule has 0 saturated carbocycles. The van der Waals surface area contributed by atoms with Crippen molar-refractivity contribution in [2.75, 3.05) is 30.8 Å². The Hall–Kier alpha value is -3.49. The standard InChI is InChI=1S/C22H22F3N3O3/c1-14(29)26-19-8-7-16(13-20(19)31-2)27-21(30)28-11-9-15(10-12-28)17-5-3-4-6-18(17)22(23,24)25/h3-9,13H,10-12H2,1-2H3,(H,26,29)(H,27,30). The van der Waals surface area contributed by atoms with Gasteiger partial charge in [0, 0.05) is 31.8 Å². The number of benzene rings is 2. The van der Waals surface area contributed by atoms with Gasteiger partial charge < -0.3 is 20.3 Å². The van der Waals surface area contributed by atoms with E-state index in [0.29, 0.717) is 29.1 Å². The lowest BCUT2D eigenvalue weighted by Crippen LogP contribution is -2.38. The zero-order valence-electron chi connectivity index (χ0n) is 17.0. The molecular weight excluding hydrogens is 411 g/mol. The van der Waals surface area contributed by atoms with Gasteiger partial charge in [0.2, 0.25) is 5.91 Å². The van der Waals surface area contributed by atoms with Gasteiger partial charge in [-0.3, -0.25) is 4.79 Å². The Morgan fingerprint density at radius 3 is 2.45 bits per heavy atom. The van der Waals surface area contributed by atoms with E-state index in [4.69, 9.17) is 4.74 Å². The Balaban J connectivity index is 1.70. The van der Waals surface area contributed by atoms with E-state index in [1.165, 1.54) is 31.1 Å². The van der Waals surface area contributed by atoms with Crippen molar-refractivity contribution in [3.05, 3.63) is 59.7 Å². The number of halogens is 3. The number of hydrogen-bond donors (Lipinski definition) is 2. The number of hydrogen-bond acceptors (Lipinski definition) is 3. The molecule has 2 aromatic carbocycles. The van der Waals surface area contributed by atoms with E-state index >= 15 is 0 Å². The number of anilines is 2. The molecule has 0 aliphatic carbocycles. The third-order valence-electron chi connectivity index (χ3n) is 4.84. The molecule has 2 N–H and O–H groups in total. The number of alkyl halides is 3. The van der Waals surface area contributed by atoms with Gasteiger partial charge in [-0.1, -0.05) is 24.3 Å². The lowest BCUT2D eigenvalue weighted by molar-refractivity contribution is -0.137. The van der Waals surface area contributed by atoms with Crippen molar-refractivity contribution in [1.82, 2.24) is 4.90 Å². The summed E-state index contributed by atoms with van der Waals surface area (Å²) in [7, 11) is 1.45. The molecule has 1 aliphatic heterocycles. The second-order valence-electron chi connectivity index (χ2n) is 7.00. The first-order valence-corrected chi connectivity index (χ1v) is 9.56. The highest BCUT2D eigenvalue weighted by Gasteiger charge is 2.34. The molecule has 0 aromatic heterocycles. The summed E-state index contributed by atoms with van der Waals surface area (Å²) in [6, 6.07) is 9.88. The Bertz CT molecular complexity index is 1020. The molecule has 9 heteroatoms. The van der Waals surface area contributed by atoms with Gasteiger partial charge in [0.05, 0.1) is 18.4 Å². The van der Waals surface area contributed by atoms with Crippen LogP contribution >= 0.6 is 0 Å². The number of ether oxygens (including phenoxy) is 1. The Morgan fingerprint density at radius 1 is 1.10 bits per heavy atom. The Labute approximate surface area is 177 Å². The number of carbonyl (C=O) groups excluding carboxylic acids is 2. The molecule has 0 bridgehead atoms. The van der Waals surface area contributed by atoms with Crippen LogP contribution in [0.3, 0.4) is 0 Å². The van der Waals surface area contributed by atoms with E-state index in [0.717, 1.165) is 6.07 Å². The first-order chi connectivity index (χ1) is 14.7. The molecule has 2 aromatic rings. The summed E-state index contributed by atoms with van der Waals surface area (Å²) >= 11 is 0. The van der Waals surface area contributed by atoms with Gasteiger partial charge in [0.15, 0.2) is 0 Å². The number of carbonyl (C=O) groups is 2. The molecule has 0 atom stereocenters. The van der Waals surface area contributed by atoms with Crippen LogP contribution in [-0.4, -0.2) is 37.0 Å². The molecule has 3 amide bonds. The van der Waals surface area contributed by atoms with E-state index in [1.54, 1.807) is 30.3 Å². The molecule has 31 heavy (non-hydrogen) atoms. The molecule has 0 unspecified atom stereocenters. The molecule has 1 heterocycles. The SMILES string of the molecule is COc1cc(NC(=O)N2CC=C(c3ccccc3C(F)(F)F)CC2)ccc1NC(C)=O. The fourth-order valence-electron chi connectivity index (χ4n) is 3.37. The quantitative estimate of drug-likeness (QED) is 0.714. The third kappa shape index (κ3) is 5.36. The molecular formula is C22H22F3N3O3. The number of urea groups is 1. The van der Waals surface area contributed by atoms with E-state index < -0.39 is 11.7 Å². The lowest BCUT2D eigenvalue weighted by atomic mass is 9.95. The first kappa shape index (κ1) is 22.2. The van der Waals surface area contributed by atoms with Crippen LogP contribution in [0.5, 0.6) is 5.75 Å². The number of methoxy groups -OCH3 is 1. The maximum absolute atomic E-state index is 13.3. The smallest absolute Gasteiger partial charge is 0.416 e. The normalized spacial score (nSPS) is 14.0. The monoisotopic (exact) mass is 433 g/mol. The van der Waals surface area contributed by atoms with Crippen LogP contribution in [-0.2, 0) is 11.0 Å². The van der Waals surface area contributed by atoms with Crippen molar-refractivity contribution < 1.29 is 27.5 Å². The zero-order valence-corrected chi connectivity index (χ0v) is 17.0. The number of nitrogens with zero attached hydrogens (tertiary/aromatic N) is 1. The minimum absolute atomic E-state index is 0.147. The van der Waals surface area contributed by atoms with Gasteiger partial charge >= 0.3 is 12.2 Å². The molecule has 164 valence electrons. The minimum atomic E-state index is -4.44. The highest BCUT2D eigenvalue weighted by Crippen LogP contribution is 2.36. The summed E-state index contributed by atoms with van der Waals surface area (Å²) in [5.74, 6) is 0.135. The van der Waals surface area contributed by atoms with E-state index in [-0.39, 0.29) is 30.6 Å². The highest BCUT2D eigenvalue weighted by atomic mass is 19.4. The van der Waals surface area contributed by atoms with Gasteiger partial charge in [-0.25, -0.2) is 4.79 Å². The molecule has 0 fully saturated rings. The molecule has 6 nitrogen and oxygen atoms in total. The first-order valence-electron chi connectivity index (χ1n) is 9.56. The number of amides is 3. The number of nitrogens with one attached hydrogen (secondary N) is 2. The van der Waals surface area contributed by atoms with E-state index in [9.17, 15) is 22.8 Å². The summed E-state index contributed by atoms with van der Waals surface area (Å²) in [6.07, 6.45) is -2.48. The van der Waals surface area contributed by atoms with Crippen LogP contribution in [0, 0.1) is 0 Å². The predicted molar refractivity (Wildman–Crippen MR) is 112 cm³/mol. The largest absolute Gasteiger partial charge is 0.494 e. The summed E-state index contributed by atoms with van der Waals surface area (Å²) < 4.78 is 45.1. The minimum Gasteiger partial charge on any atom is -0.494 e. The zero-order chi connectivity index (χ0) is 22.6. The van der Waals surface area contributed by atoms with Gasteiger partial charge in [0.1, 0.15) is 5.75 Å². The molecule has 3 rings (SSSR count). The van der Waals surface area contributed by atoms with Gasteiger partial charge in [-0.15, -0.1) is 0 Å². The third-order valence-corrected chi connectivity index (χ3v) is 4.84. The van der Waals surface area contributed by atoms with E-state index in [2.05, 4.69) is 10.6 Å². The fourth-order valence-corrected chi connectivity index (χ4v) is 3.37. The predicted octanol–water partition coefficient (Wildman–Crippen LogP) is 4.99. The Morgan fingerprint density at radius 2 is 1.84 bits per heavy atom. The molecule has 0 spiro atoms. The van der Waals surface area contributed by atoms with E-state index in [1.807, 2.05) is 0 Å². The second-order valence-corrected chi connectivity index (χ2v) is 7.00. The van der Waals surface area contributed by atoms with Crippen molar-refractivity contribution in [2.45, 2.75) is 19.5 Å². The van der Waals surface area contributed by atoms with Crippen molar-refractivity contribution >= 4 is 28.9 Å².